The fraction of sp³-hybridized carbons (Fsp3) is 0.458. The van der Waals surface area contributed by atoms with Crippen molar-refractivity contribution in [1.82, 2.24) is 10.2 Å². The first-order valence-electron chi connectivity index (χ1n) is 10.1. The molecule has 0 saturated carbocycles. The lowest BCUT2D eigenvalue weighted by molar-refractivity contribution is -0.121. The van der Waals surface area contributed by atoms with Crippen molar-refractivity contribution in [2.75, 3.05) is 27.2 Å². The average Bonchev–Trinajstić information content (AvgIpc) is 2.64. The van der Waals surface area contributed by atoms with E-state index in [0.29, 0.717) is 13.0 Å². The molecule has 0 aliphatic rings. The lowest BCUT2D eigenvalue weighted by atomic mass is 9.88. The third-order valence-corrected chi connectivity index (χ3v) is 4.63. The number of ether oxygens (including phenoxy) is 1. The molecule has 152 valence electrons. The normalized spacial score (nSPS) is 12.2. The average molecular weight is 383 g/mol. The summed E-state index contributed by atoms with van der Waals surface area (Å²) in [6.07, 6.45) is 1.54. The van der Waals surface area contributed by atoms with Crippen LogP contribution in [0, 0.1) is 6.92 Å². The van der Waals surface area contributed by atoms with Crippen LogP contribution in [0.4, 0.5) is 0 Å². The highest BCUT2D eigenvalue weighted by Crippen LogP contribution is 2.30. The van der Waals surface area contributed by atoms with Gasteiger partial charge in [0.2, 0.25) is 5.91 Å². The summed E-state index contributed by atoms with van der Waals surface area (Å²) < 4.78 is 5.75. The first-order chi connectivity index (χ1) is 13.3. The van der Waals surface area contributed by atoms with Gasteiger partial charge in [-0.3, -0.25) is 4.79 Å². The van der Waals surface area contributed by atoms with E-state index >= 15 is 0 Å². The van der Waals surface area contributed by atoms with E-state index in [-0.39, 0.29) is 17.9 Å². The van der Waals surface area contributed by atoms with Gasteiger partial charge < -0.3 is 15.0 Å². The Kier molecular flexibility index (Phi) is 8.52. The van der Waals surface area contributed by atoms with Crippen LogP contribution in [0.2, 0.25) is 0 Å². The van der Waals surface area contributed by atoms with E-state index in [1.54, 1.807) is 0 Å². The molecule has 0 unspecified atom stereocenters. The maximum atomic E-state index is 12.6. The molecule has 4 heteroatoms. The number of rotatable bonds is 10. The highest BCUT2D eigenvalue weighted by Gasteiger charge is 2.18. The summed E-state index contributed by atoms with van der Waals surface area (Å²) in [5, 5.41) is 3.07. The lowest BCUT2D eigenvalue weighted by Crippen LogP contribution is -2.28. The first kappa shape index (κ1) is 22.0. The van der Waals surface area contributed by atoms with Gasteiger partial charge in [-0.05, 0) is 71.1 Å². The van der Waals surface area contributed by atoms with Gasteiger partial charge in [-0.15, -0.1) is 0 Å². The van der Waals surface area contributed by atoms with Crippen molar-refractivity contribution in [2.24, 2.45) is 0 Å². The SMILES string of the molecule is Cc1ccc([C@@H](CC(=O)NCCCN(C)C)c2ccc(OC(C)C)cc2)cc1. The van der Waals surface area contributed by atoms with E-state index in [1.165, 1.54) is 5.56 Å². The second kappa shape index (κ2) is 10.9. The van der Waals surface area contributed by atoms with Gasteiger partial charge in [0, 0.05) is 18.9 Å². The molecule has 0 saturated heterocycles. The van der Waals surface area contributed by atoms with E-state index in [1.807, 2.05) is 40.1 Å². The molecule has 0 spiro atoms. The molecule has 0 radical (unpaired) electrons. The van der Waals surface area contributed by atoms with E-state index in [9.17, 15) is 4.79 Å². The number of hydrogen-bond acceptors (Lipinski definition) is 3. The minimum atomic E-state index is 0.0301. The van der Waals surface area contributed by atoms with Gasteiger partial charge in [-0.2, -0.15) is 0 Å². The fourth-order valence-electron chi connectivity index (χ4n) is 3.16. The maximum Gasteiger partial charge on any atom is 0.220 e. The van der Waals surface area contributed by atoms with Crippen LogP contribution < -0.4 is 10.1 Å². The standard InChI is InChI=1S/C24H34N2O2/c1-18(2)28-22-13-11-21(12-14-22)23(20-9-7-19(3)8-10-20)17-24(27)25-15-6-16-26(4)5/h7-14,18,23H,6,15-17H2,1-5H3,(H,25,27)/t23-/m1/s1. The van der Waals surface area contributed by atoms with Crippen LogP contribution >= 0.6 is 0 Å². The van der Waals surface area contributed by atoms with E-state index in [2.05, 4.69) is 53.5 Å². The molecule has 0 bridgehead atoms. The Morgan fingerprint density at radius 2 is 1.57 bits per heavy atom. The van der Waals surface area contributed by atoms with Crippen molar-refractivity contribution >= 4 is 5.91 Å². The van der Waals surface area contributed by atoms with Crippen LogP contribution in [0.5, 0.6) is 5.75 Å². The molecule has 2 aromatic rings. The number of amides is 1. The maximum absolute atomic E-state index is 12.6. The predicted octanol–water partition coefficient (Wildman–Crippen LogP) is 4.37. The Bertz CT molecular complexity index is 721. The summed E-state index contributed by atoms with van der Waals surface area (Å²) >= 11 is 0. The molecule has 0 fully saturated rings. The van der Waals surface area contributed by atoms with Crippen molar-refractivity contribution in [2.45, 2.75) is 45.6 Å². The highest BCUT2D eigenvalue weighted by molar-refractivity contribution is 5.77. The summed E-state index contributed by atoms with van der Waals surface area (Å²) in [5.74, 6) is 0.976. The molecule has 0 aliphatic carbocycles. The fourth-order valence-corrected chi connectivity index (χ4v) is 3.16. The summed E-state index contributed by atoms with van der Waals surface area (Å²) in [4.78, 5) is 14.7. The number of nitrogens with one attached hydrogen (secondary N) is 1. The quantitative estimate of drug-likeness (QED) is 0.620. The van der Waals surface area contributed by atoms with Crippen molar-refractivity contribution < 1.29 is 9.53 Å². The zero-order valence-electron chi connectivity index (χ0n) is 17.9. The molecule has 28 heavy (non-hydrogen) atoms. The van der Waals surface area contributed by atoms with Crippen molar-refractivity contribution in [1.29, 1.82) is 0 Å². The second-order valence-electron chi connectivity index (χ2n) is 7.91. The van der Waals surface area contributed by atoms with Crippen LogP contribution in [0.15, 0.2) is 48.5 Å². The van der Waals surface area contributed by atoms with Crippen molar-refractivity contribution in [3.8, 4) is 5.75 Å². The molecule has 0 aromatic heterocycles. The summed E-state index contributed by atoms with van der Waals surface area (Å²) in [6, 6.07) is 16.6. The van der Waals surface area contributed by atoms with Crippen LogP contribution in [-0.4, -0.2) is 44.1 Å². The molecule has 0 aliphatic heterocycles. The lowest BCUT2D eigenvalue weighted by Gasteiger charge is -2.19. The van der Waals surface area contributed by atoms with Crippen LogP contribution in [0.3, 0.4) is 0 Å². The molecule has 4 nitrogen and oxygen atoms in total. The second-order valence-corrected chi connectivity index (χ2v) is 7.91. The largest absolute Gasteiger partial charge is 0.491 e. The van der Waals surface area contributed by atoms with E-state index in [0.717, 1.165) is 29.8 Å². The van der Waals surface area contributed by atoms with Gasteiger partial charge >= 0.3 is 0 Å². The summed E-state index contributed by atoms with van der Waals surface area (Å²) in [5.41, 5.74) is 3.51. The summed E-state index contributed by atoms with van der Waals surface area (Å²) in [7, 11) is 4.09. The zero-order chi connectivity index (χ0) is 20.5. The predicted molar refractivity (Wildman–Crippen MR) is 116 cm³/mol. The Labute approximate surface area is 169 Å². The monoisotopic (exact) mass is 382 g/mol. The number of benzene rings is 2. The third kappa shape index (κ3) is 7.35. The minimum Gasteiger partial charge on any atom is -0.491 e. The van der Waals surface area contributed by atoms with Gasteiger partial charge in [0.05, 0.1) is 6.10 Å². The molecule has 1 atom stereocenters. The topological polar surface area (TPSA) is 41.6 Å². The third-order valence-electron chi connectivity index (χ3n) is 4.63. The van der Waals surface area contributed by atoms with E-state index < -0.39 is 0 Å². The molecule has 0 heterocycles. The van der Waals surface area contributed by atoms with Crippen molar-refractivity contribution in [3.63, 3.8) is 0 Å². The Balaban J connectivity index is 2.11. The van der Waals surface area contributed by atoms with Gasteiger partial charge in [0.25, 0.3) is 0 Å². The highest BCUT2D eigenvalue weighted by atomic mass is 16.5. The number of carbonyl (C=O) groups is 1. The van der Waals surface area contributed by atoms with Gasteiger partial charge in [-0.1, -0.05) is 42.0 Å². The molecule has 1 amide bonds. The van der Waals surface area contributed by atoms with Crippen LogP contribution in [0.25, 0.3) is 0 Å². The molecular weight excluding hydrogens is 348 g/mol. The number of hydrogen-bond donors (Lipinski definition) is 1. The smallest absolute Gasteiger partial charge is 0.220 e. The van der Waals surface area contributed by atoms with Crippen LogP contribution in [-0.2, 0) is 4.79 Å². The van der Waals surface area contributed by atoms with Gasteiger partial charge in [-0.25, -0.2) is 0 Å². The molecular formula is C24H34N2O2. The molecule has 2 rings (SSSR count). The number of carbonyl (C=O) groups excluding carboxylic acids is 1. The van der Waals surface area contributed by atoms with Crippen LogP contribution in [0.1, 0.15) is 49.3 Å². The molecule has 1 N–H and O–H groups in total. The van der Waals surface area contributed by atoms with Gasteiger partial charge in [0.15, 0.2) is 0 Å². The summed E-state index contributed by atoms with van der Waals surface area (Å²) in [6.45, 7) is 7.79. The first-order valence-corrected chi connectivity index (χ1v) is 10.1. The Morgan fingerprint density at radius 3 is 2.11 bits per heavy atom. The van der Waals surface area contributed by atoms with Crippen molar-refractivity contribution in [3.05, 3.63) is 65.2 Å². The Morgan fingerprint density at radius 1 is 1.00 bits per heavy atom. The molecule has 2 aromatic carbocycles. The van der Waals surface area contributed by atoms with Gasteiger partial charge in [0.1, 0.15) is 5.75 Å². The number of nitrogens with zero attached hydrogens (tertiary/aromatic N) is 1. The number of aryl methyl sites for hydroxylation is 1. The Hall–Kier alpha value is -2.33. The van der Waals surface area contributed by atoms with E-state index in [4.69, 9.17) is 4.74 Å². The zero-order valence-corrected chi connectivity index (χ0v) is 17.9. The minimum absolute atomic E-state index is 0.0301.